The highest BCUT2D eigenvalue weighted by Crippen LogP contribution is 2.59. The maximum Gasteiger partial charge on any atom is 0.514 e. The minimum Gasteiger partial charge on any atom is -0.430 e. The molecule has 1 saturated carbocycles. The molecule has 1 N–H and O–H groups in total. The van der Waals surface area contributed by atoms with Gasteiger partial charge in [0.15, 0.2) is 0 Å². The van der Waals surface area contributed by atoms with Crippen molar-refractivity contribution in [3.05, 3.63) is 46.1 Å². The molecule has 10 nitrogen and oxygen atoms in total. The van der Waals surface area contributed by atoms with E-state index in [1.54, 1.807) is 0 Å². The van der Waals surface area contributed by atoms with Crippen molar-refractivity contribution in [3.63, 3.8) is 0 Å². The zero-order valence-electron chi connectivity index (χ0n) is 18.0. The van der Waals surface area contributed by atoms with E-state index < -0.39 is 11.1 Å². The molecule has 2 aromatic rings. The molecule has 10 heteroatoms. The van der Waals surface area contributed by atoms with E-state index in [0.717, 1.165) is 11.5 Å². The van der Waals surface area contributed by atoms with E-state index in [2.05, 4.69) is 26.1 Å². The lowest BCUT2D eigenvalue weighted by molar-refractivity contribution is -0.384. The summed E-state index contributed by atoms with van der Waals surface area (Å²) in [5.74, 6) is 1.11. The maximum absolute atomic E-state index is 12.1. The van der Waals surface area contributed by atoms with Crippen LogP contribution in [-0.4, -0.2) is 40.6 Å². The number of nitrogens with zero attached hydrogens (tertiary/aromatic N) is 3. The van der Waals surface area contributed by atoms with Gasteiger partial charge in [-0.15, -0.1) is 0 Å². The van der Waals surface area contributed by atoms with Crippen LogP contribution in [0, 0.1) is 15.5 Å². The highest BCUT2D eigenvalue weighted by atomic mass is 16.7. The second kappa shape index (κ2) is 7.52. The van der Waals surface area contributed by atoms with Gasteiger partial charge in [0.1, 0.15) is 23.8 Å². The number of nitro benzene ring substituents is 1. The van der Waals surface area contributed by atoms with Crippen LogP contribution in [0.2, 0.25) is 0 Å². The first kappa shape index (κ1) is 21.1. The van der Waals surface area contributed by atoms with Gasteiger partial charge in [-0.1, -0.05) is 0 Å². The predicted octanol–water partition coefficient (Wildman–Crippen LogP) is 4.02. The molecule has 166 valence electrons. The molecule has 0 amide bonds. The number of carbonyl (C=O) groups is 1. The Labute approximate surface area is 179 Å². The Morgan fingerprint density at radius 2 is 2.03 bits per heavy atom. The Balaban J connectivity index is 1.34. The van der Waals surface area contributed by atoms with Crippen molar-refractivity contribution in [3.8, 4) is 5.75 Å². The van der Waals surface area contributed by atoms with E-state index in [4.69, 9.17) is 19.3 Å². The molecule has 3 atom stereocenters. The van der Waals surface area contributed by atoms with Gasteiger partial charge in [-0.25, -0.2) is 9.48 Å². The third-order valence-electron chi connectivity index (χ3n) is 5.72. The summed E-state index contributed by atoms with van der Waals surface area (Å²) in [6.45, 7) is 6.75. The van der Waals surface area contributed by atoms with Gasteiger partial charge < -0.3 is 19.5 Å². The van der Waals surface area contributed by atoms with Gasteiger partial charge in [0.05, 0.1) is 22.8 Å². The number of nitro groups is 1. The Bertz CT molecular complexity index is 996. The third-order valence-corrected chi connectivity index (χ3v) is 5.72. The Morgan fingerprint density at radius 1 is 1.32 bits per heavy atom. The molecule has 31 heavy (non-hydrogen) atoms. The van der Waals surface area contributed by atoms with Crippen LogP contribution in [-0.2, 0) is 15.0 Å². The van der Waals surface area contributed by atoms with Gasteiger partial charge in [-0.05, 0) is 45.7 Å². The Kier molecular flexibility index (Phi) is 5.12. The highest BCUT2D eigenvalue weighted by molar-refractivity contribution is 5.64. The normalized spacial score (nSPS) is 24.8. The van der Waals surface area contributed by atoms with E-state index in [-0.39, 0.29) is 34.6 Å². The van der Waals surface area contributed by atoms with E-state index in [1.165, 1.54) is 24.3 Å². The van der Waals surface area contributed by atoms with E-state index in [9.17, 15) is 14.9 Å². The van der Waals surface area contributed by atoms with Gasteiger partial charge in [-0.3, -0.25) is 10.1 Å². The summed E-state index contributed by atoms with van der Waals surface area (Å²) >= 11 is 0. The number of nitrogens with one attached hydrogen (secondary N) is 1. The lowest BCUT2D eigenvalue weighted by atomic mass is 10.0. The smallest absolute Gasteiger partial charge is 0.430 e. The minimum atomic E-state index is -0.825. The van der Waals surface area contributed by atoms with E-state index in [0.29, 0.717) is 19.4 Å². The molecule has 2 aliphatic rings. The topological polar surface area (TPSA) is 118 Å². The fraction of sp³-hybridized carbons (Fsp3) is 0.524. The minimum absolute atomic E-state index is 0.0775. The Hall–Kier alpha value is -3.14. The zero-order valence-corrected chi connectivity index (χ0v) is 18.0. The lowest BCUT2D eigenvalue weighted by Gasteiger charge is -2.22. The molecule has 1 aliphatic heterocycles. The SMILES string of the molecule is CNc1cc([C@H]2CC3(CO2)CC3OC(=O)Oc2ccc([N+](=O)[O-])cc2)nn1C(C)(C)C. The number of benzene rings is 1. The molecule has 0 radical (unpaired) electrons. The number of rotatable bonds is 5. The number of ether oxygens (including phenoxy) is 3. The summed E-state index contributed by atoms with van der Waals surface area (Å²) in [5.41, 5.74) is 0.395. The number of carbonyl (C=O) groups excluding carboxylic acids is 1. The van der Waals surface area contributed by atoms with Crippen LogP contribution in [0.15, 0.2) is 30.3 Å². The molecule has 2 fully saturated rings. The first-order valence-electron chi connectivity index (χ1n) is 10.1. The van der Waals surface area contributed by atoms with Crippen LogP contribution < -0.4 is 10.1 Å². The molecule has 1 aromatic carbocycles. The molecule has 1 aliphatic carbocycles. The van der Waals surface area contributed by atoms with E-state index in [1.807, 2.05) is 17.8 Å². The summed E-state index contributed by atoms with van der Waals surface area (Å²) in [6, 6.07) is 7.26. The number of anilines is 1. The average molecular weight is 430 g/mol. The van der Waals surface area contributed by atoms with Crippen LogP contribution in [0.4, 0.5) is 16.3 Å². The van der Waals surface area contributed by atoms with Crippen molar-refractivity contribution in [2.24, 2.45) is 5.41 Å². The molecule has 1 spiro atoms. The second-order valence-corrected chi connectivity index (χ2v) is 9.07. The van der Waals surface area contributed by atoms with Crippen molar-refractivity contribution in [1.29, 1.82) is 0 Å². The van der Waals surface area contributed by atoms with Crippen molar-refractivity contribution < 1.29 is 23.9 Å². The number of aromatic nitrogens is 2. The molecular formula is C21H26N4O6. The molecular weight excluding hydrogens is 404 g/mol. The molecule has 1 saturated heterocycles. The zero-order chi connectivity index (χ0) is 22.4. The predicted molar refractivity (Wildman–Crippen MR) is 111 cm³/mol. The van der Waals surface area contributed by atoms with Gasteiger partial charge >= 0.3 is 6.16 Å². The van der Waals surface area contributed by atoms with Gasteiger partial charge in [-0.2, -0.15) is 5.10 Å². The molecule has 0 bridgehead atoms. The standard InChI is InChI=1S/C21H26N4O6/c1-20(2,3)24-18(22-4)9-15(23-24)16-10-21(12-29-16)11-17(21)31-19(26)30-14-7-5-13(6-8-14)25(27)28/h5-9,16-17,22H,10-12H2,1-4H3/t16-,17?,21?/m1/s1. The molecule has 2 heterocycles. The van der Waals surface area contributed by atoms with Crippen molar-refractivity contribution in [2.45, 2.75) is 51.4 Å². The van der Waals surface area contributed by atoms with Gasteiger partial charge in [0.2, 0.25) is 0 Å². The monoisotopic (exact) mass is 430 g/mol. The highest BCUT2D eigenvalue weighted by Gasteiger charge is 2.62. The number of hydrogen-bond donors (Lipinski definition) is 1. The molecule has 4 rings (SSSR count). The number of hydrogen-bond acceptors (Lipinski definition) is 8. The molecule has 2 unspecified atom stereocenters. The Morgan fingerprint density at radius 3 is 2.61 bits per heavy atom. The van der Waals surface area contributed by atoms with Crippen LogP contribution in [0.5, 0.6) is 5.75 Å². The number of non-ortho nitro benzene ring substituents is 1. The van der Waals surface area contributed by atoms with Crippen LogP contribution >= 0.6 is 0 Å². The largest absolute Gasteiger partial charge is 0.514 e. The summed E-state index contributed by atoms with van der Waals surface area (Å²) < 4.78 is 18.5. The molecule has 1 aromatic heterocycles. The second-order valence-electron chi connectivity index (χ2n) is 9.07. The summed E-state index contributed by atoms with van der Waals surface area (Å²) in [7, 11) is 1.86. The van der Waals surface area contributed by atoms with Crippen LogP contribution in [0.3, 0.4) is 0 Å². The van der Waals surface area contributed by atoms with Crippen molar-refractivity contribution in [2.75, 3.05) is 19.0 Å². The first-order valence-corrected chi connectivity index (χ1v) is 10.1. The summed E-state index contributed by atoms with van der Waals surface area (Å²) in [5, 5.41) is 18.6. The van der Waals surface area contributed by atoms with Crippen LogP contribution in [0.25, 0.3) is 0 Å². The quantitative estimate of drug-likeness (QED) is 0.327. The summed E-state index contributed by atoms with van der Waals surface area (Å²) in [6.07, 6.45) is 0.157. The van der Waals surface area contributed by atoms with Crippen molar-refractivity contribution in [1.82, 2.24) is 9.78 Å². The average Bonchev–Trinajstić information content (AvgIpc) is 3.06. The third kappa shape index (κ3) is 4.20. The first-order chi connectivity index (χ1) is 14.6. The summed E-state index contributed by atoms with van der Waals surface area (Å²) in [4.78, 5) is 22.3. The van der Waals surface area contributed by atoms with Gasteiger partial charge in [0, 0.05) is 30.7 Å². The lowest BCUT2D eigenvalue weighted by Crippen LogP contribution is -2.24. The van der Waals surface area contributed by atoms with E-state index >= 15 is 0 Å². The maximum atomic E-state index is 12.1. The van der Waals surface area contributed by atoms with Crippen LogP contribution in [0.1, 0.15) is 45.4 Å². The fourth-order valence-corrected chi connectivity index (χ4v) is 3.91. The van der Waals surface area contributed by atoms with Gasteiger partial charge in [0.25, 0.3) is 5.69 Å². The fourth-order valence-electron chi connectivity index (χ4n) is 3.91. The van der Waals surface area contributed by atoms with Crippen molar-refractivity contribution >= 4 is 17.7 Å².